The van der Waals surface area contributed by atoms with Gasteiger partial charge < -0.3 is 10.0 Å². The molecule has 0 aliphatic carbocycles. The maximum absolute atomic E-state index is 13.9. The number of anilines is 1. The largest absolute Gasteiger partial charge is 0.392 e. The van der Waals surface area contributed by atoms with Crippen LogP contribution in [0.1, 0.15) is 16.7 Å². The minimum absolute atomic E-state index is 0.175. The molecule has 0 spiro atoms. The van der Waals surface area contributed by atoms with Crippen molar-refractivity contribution in [2.24, 2.45) is 0 Å². The fourth-order valence-corrected chi connectivity index (χ4v) is 2.06. The van der Waals surface area contributed by atoms with Gasteiger partial charge in [0.25, 0.3) is 0 Å². The first kappa shape index (κ1) is 14.0. The average Bonchev–Trinajstić information content (AvgIpc) is 2.47. The van der Waals surface area contributed by atoms with Gasteiger partial charge in [0, 0.05) is 13.6 Å². The van der Waals surface area contributed by atoms with Crippen molar-refractivity contribution in [3.05, 3.63) is 65.0 Å². The lowest BCUT2D eigenvalue weighted by Crippen LogP contribution is -2.17. The summed E-state index contributed by atoms with van der Waals surface area (Å²) in [6, 6.07) is 14.0. The van der Waals surface area contributed by atoms with Crippen LogP contribution in [0.15, 0.2) is 42.5 Å². The Kier molecular flexibility index (Phi) is 4.34. The van der Waals surface area contributed by atoms with E-state index in [4.69, 9.17) is 10.4 Å². The first-order valence-electron chi connectivity index (χ1n) is 6.23. The van der Waals surface area contributed by atoms with Gasteiger partial charge in [-0.1, -0.05) is 18.2 Å². The van der Waals surface area contributed by atoms with Crippen LogP contribution in [0.4, 0.5) is 10.1 Å². The molecule has 2 aromatic carbocycles. The topological polar surface area (TPSA) is 47.3 Å². The Morgan fingerprint density at radius 2 is 2.00 bits per heavy atom. The normalized spacial score (nSPS) is 10.1. The van der Waals surface area contributed by atoms with Crippen molar-refractivity contribution in [2.45, 2.75) is 13.2 Å². The highest BCUT2D eigenvalue weighted by Gasteiger charge is 2.09. The summed E-state index contributed by atoms with van der Waals surface area (Å²) in [6.07, 6.45) is 0. The van der Waals surface area contributed by atoms with Gasteiger partial charge in [-0.25, -0.2) is 4.39 Å². The fraction of sp³-hybridized carbons (Fsp3) is 0.188. The maximum Gasteiger partial charge on any atom is 0.146 e. The molecule has 0 aliphatic heterocycles. The van der Waals surface area contributed by atoms with E-state index >= 15 is 0 Å². The van der Waals surface area contributed by atoms with Crippen molar-refractivity contribution in [3.8, 4) is 6.07 Å². The summed E-state index contributed by atoms with van der Waals surface area (Å²) in [4.78, 5) is 1.77. The monoisotopic (exact) mass is 270 g/mol. The van der Waals surface area contributed by atoms with Gasteiger partial charge in [0.1, 0.15) is 5.82 Å². The molecule has 0 aliphatic rings. The lowest BCUT2D eigenvalue weighted by atomic mass is 10.1. The van der Waals surface area contributed by atoms with Crippen LogP contribution in [0.25, 0.3) is 0 Å². The van der Waals surface area contributed by atoms with Crippen molar-refractivity contribution in [2.75, 3.05) is 11.9 Å². The molecular formula is C16H15FN2O. The van der Waals surface area contributed by atoms with Crippen LogP contribution >= 0.6 is 0 Å². The predicted octanol–water partition coefficient (Wildman–Crippen LogP) is 2.83. The molecule has 4 heteroatoms. The first-order chi connectivity index (χ1) is 9.63. The summed E-state index contributed by atoms with van der Waals surface area (Å²) in [6.45, 7) is 0.329. The summed E-state index contributed by atoms with van der Waals surface area (Å²) in [5.74, 6) is -0.365. The lowest BCUT2D eigenvalue weighted by molar-refractivity contribution is 0.281. The van der Waals surface area contributed by atoms with Crippen LogP contribution in [0, 0.1) is 17.1 Å². The molecule has 3 nitrogen and oxygen atoms in total. The van der Waals surface area contributed by atoms with E-state index in [1.807, 2.05) is 12.1 Å². The Balaban J connectivity index is 2.19. The van der Waals surface area contributed by atoms with Crippen LogP contribution in [0.2, 0.25) is 0 Å². The summed E-state index contributed by atoms with van der Waals surface area (Å²) >= 11 is 0. The van der Waals surface area contributed by atoms with Crippen molar-refractivity contribution in [3.63, 3.8) is 0 Å². The van der Waals surface area contributed by atoms with Crippen LogP contribution in [0.3, 0.4) is 0 Å². The Morgan fingerprint density at radius 1 is 1.20 bits per heavy atom. The van der Waals surface area contributed by atoms with Crippen molar-refractivity contribution in [1.82, 2.24) is 0 Å². The molecule has 0 unspecified atom stereocenters. The quantitative estimate of drug-likeness (QED) is 0.929. The van der Waals surface area contributed by atoms with Gasteiger partial charge in [-0.15, -0.1) is 0 Å². The Hall–Kier alpha value is -2.38. The van der Waals surface area contributed by atoms with Crippen molar-refractivity contribution >= 4 is 5.69 Å². The molecule has 0 saturated heterocycles. The van der Waals surface area contributed by atoms with Crippen LogP contribution in [0.5, 0.6) is 0 Å². The third kappa shape index (κ3) is 3.14. The zero-order valence-corrected chi connectivity index (χ0v) is 11.2. The number of nitrogens with zero attached hydrogens (tertiary/aromatic N) is 2. The highest BCUT2D eigenvalue weighted by Crippen LogP contribution is 2.21. The summed E-state index contributed by atoms with van der Waals surface area (Å²) in [5, 5.41) is 17.8. The standard InChI is InChI=1S/C16H15FN2O/c1-19(10-13-4-2-3-12(7-13)9-18)16-6-5-14(11-20)8-15(16)17/h2-8,20H,10-11H2,1H3. The van der Waals surface area contributed by atoms with Gasteiger partial charge in [0.05, 0.1) is 23.9 Å². The smallest absolute Gasteiger partial charge is 0.146 e. The highest BCUT2D eigenvalue weighted by atomic mass is 19.1. The Morgan fingerprint density at radius 3 is 2.65 bits per heavy atom. The number of benzene rings is 2. The second-order valence-electron chi connectivity index (χ2n) is 4.61. The molecule has 2 aromatic rings. The van der Waals surface area contributed by atoms with Crippen LogP contribution in [-0.2, 0) is 13.2 Å². The Bertz CT molecular complexity index is 649. The van der Waals surface area contributed by atoms with Gasteiger partial charge in [-0.2, -0.15) is 5.26 Å². The van der Waals surface area contributed by atoms with E-state index in [9.17, 15) is 4.39 Å². The summed E-state index contributed by atoms with van der Waals surface area (Å²) in [7, 11) is 1.79. The SMILES string of the molecule is CN(Cc1cccc(C#N)c1)c1ccc(CO)cc1F. The maximum atomic E-state index is 13.9. The molecule has 20 heavy (non-hydrogen) atoms. The molecule has 0 bridgehead atoms. The number of halogens is 1. The number of aliphatic hydroxyl groups excluding tert-OH is 1. The molecule has 0 atom stereocenters. The second kappa shape index (κ2) is 6.18. The zero-order valence-electron chi connectivity index (χ0n) is 11.2. The molecule has 2 rings (SSSR count). The van der Waals surface area contributed by atoms with E-state index in [2.05, 4.69) is 6.07 Å². The van der Waals surface area contributed by atoms with E-state index in [0.717, 1.165) is 5.56 Å². The second-order valence-corrected chi connectivity index (χ2v) is 4.61. The third-order valence-electron chi connectivity index (χ3n) is 3.08. The van der Waals surface area contributed by atoms with Crippen LogP contribution < -0.4 is 4.90 Å². The summed E-state index contributed by atoms with van der Waals surface area (Å²) in [5.41, 5.74) is 2.54. The highest BCUT2D eigenvalue weighted by molar-refractivity contribution is 5.49. The Labute approximate surface area is 117 Å². The van der Waals surface area contributed by atoms with E-state index in [1.54, 1.807) is 36.2 Å². The van der Waals surface area contributed by atoms with Crippen molar-refractivity contribution < 1.29 is 9.50 Å². The molecular weight excluding hydrogens is 255 g/mol. The van der Waals surface area contributed by atoms with Gasteiger partial charge in [0.2, 0.25) is 0 Å². The van der Waals surface area contributed by atoms with E-state index in [1.165, 1.54) is 6.07 Å². The minimum atomic E-state index is -0.365. The van der Waals surface area contributed by atoms with Crippen molar-refractivity contribution in [1.29, 1.82) is 5.26 Å². The van der Waals surface area contributed by atoms with E-state index in [-0.39, 0.29) is 12.4 Å². The molecule has 0 amide bonds. The fourth-order valence-electron chi connectivity index (χ4n) is 2.06. The lowest BCUT2D eigenvalue weighted by Gasteiger charge is -2.20. The molecule has 102 valence electrons. The van der Waals surface area contributed by atoms with Crippen LogP contribution in [-0.4, -0.2) is 12.2 Å². The average molecular weight is 270 g/mol. The van der Waals surface area contributed by atoms with Gasteiger partial charge >= 0.3 is 0 Å². The minimum Gasteiger partial charge on any atom is -0.392 e. The number of nitriles is 1. The molecule has 0 radical (unpaired) electrons. The molecule has 0 fully saturated rings. The van der Waals surface area contributed by atoms with Gasteiger partial charge in [0.15, 0.2) is 0 Å². The number of hydrogen-bond acceptors (Lipinski definition) is 3. The van der Waals surface area contributed by atoms with Gasteiger partial charge in [-0.05, 0) is 35.4 Å². The molecule has 0 saturated carbocycles. The van der Waals surface area contributed by atoms with E-state index in [0.29, 0.717) is 23.4 Å². The van der Waals surface area contributed by atoms with Gasteiger partial charge in [-0.3, -0.25) is 0 Å². The third-order valence-corrected chi connectivity index (χ3v) is 3.08. The zero-order chi connectivity index (χ0) is 14.5. The number of aliphatic hydroxyl groups is 1. The first-order valence-corrected chi connectivity index (χ1v) is 6.23. The summed E-state index contributed by atoms with van der Waals surface area (Å²) < 4.78 is 13.9. The molecule has 0 aromatic heterocycles. The van der Waals surface area contributed by atoms with E-state index < -0.39 is 0 Å². The number of hydrogen-bond donors (Lipinski definition) is 1. The molecule has 1 N–H and O–H groups in total. The number of rotatable bonds is 4. The predicted molar refractivity (Wildman–Crippen MR) is 75.6 cm³/mol. The molecule has 0 heterocycles.